The highest BCUT2D eigenvalue weighted by atomic mass is 79.9. The Balaban J connectivity index is 2.38. The fraction of sp³-hybridized carbons (Fsp3) is 0.375. The summed E-state index contributed by atoms with van der Waals surface area (Å²) < 4.78 is 0.844. The van der Waals surface area contributed by atoms with Gasteiger partial charge in [-0.05, 0) is 34.5 Å². The Kier molecular flexibility index (Phi) is 5.53. The molecular weight excluding hydrogens is 314 g/mol. The number of para-hydroxylation sites is 1. The average molecular weight is 334 g/mol. The molecule has 106 valence electrons. The molecule has 0 atom stereocenters. The average Bonchev–Trinajstić information content (AvgIpc) is 2.48. The van der Waals surface area contributed by atoms with Crippen LogP contribution >= 0.6 is 15.9 Å². The number of nitrogens with zero attached hydrogens (tertiary/aromatic N) is 3. The summed E-state index contributed by atoms with van der Waals surface area (Å²) >= 11 is 3.49. The Labute approximate surface area is 129 Å². The summed E-state index contributed by atoms with van der Waals surface area (Å²) in [5.74, 6) is 1.83. The second kappa shape index (κ2) is 7.39. The first-order valence-electron chi connectivity index (χ1n) is 7.10. The van der Waals surface area contributed by atoms with Crippen LogP contribution < -0.4 is 4.90 Å². The van der Waals surface area contributed by atoms with Gasteiger partial charge in [-0.2, -0.15) is 0 Å². The summed E-state index contributed by atoms with van der Waals surface area (Å²) in [6.07, 6.45) is 3.14. The van der Waals surface area contributed by atoms with Crippen molar-refractivity contribution in [2.24, 2.45) is 0 Å². The van der Waals surface area contributed by atoms with E-state index in [4.69, 9.17) is 0 Å². The summed E-state index contributed by atoms with van der Waals surface area (Å²) in [6.45, 7) is 5.24. The van der Waals surface area contributed by atoms with E-state index >= 15 is 0 Å². The van der Waals surface area contributed by atoms with E-state index in [1.165, 1.54) is 5.69 Å². The van der Waals surface area contributed by atoms with Crippen molar-refractivity contribution in [1.29, 1.82) is 0 Å². The Morgan fingerprint density at radius 1 is 1.10 bits per heavy atom. The minimum atomic E-state index is 0.836. The van der Waals surface area contributed by atoms with E-state index in [1.807, 2.05) is 12.1 Å². The van der Waals surface area contributed by atoms with Crippen molar-refractivity contribution in [1.82, 2.24) is 9.97 Å². The highest BCUT2D eigenvalue weighted by Gasteiger charge is 2.12. The minimum absolute atomic E-state index is 0.836. The molecule has 1 aromatic carbocycles. The smallest absolute Gasteiger partial charge is 0.137 e. The van der Waals surface area contributed by atoms with Gasteiger partial charge in [-0.15, -0.1) is 0 Å². The third-order valence-corrected chi connectivity index (χ3v) is 3.53. The van der Waals surface area contributed by atoms with Crippen molar-refractivity contribution >= 4 is 27.4 Å². The van der Waals surface area contributed by atoms with Gasteiger partial charge in [0.25, 0.3) is 0 Å². The Hall–Kier alpha value is -1.42. The van der Waals surface area contributed by atoms with E-state index < -0.39 is 0 Å². The maximum Gasteiger partial charge on any atom is 0.137 e. The van der Waals surface area contributed by atoms with Crippen LogP contribution in [0.2, 0.25) is 0 Å². The first-order valence-corrected chi connectivity index (χ1v) is 7.90. The van der Waals surface area contributed by atoms with Crippen molar-refractivity contribution in [3.63, 3.8) is 0 Å². The maximum atomic E-state index is 4.67. The van der Waals surface area contributed by atoms with E-state index in [9.17, 15) is 0 Å². The lowest BCUT2D eigenvalue weighted by Crippen LogP contribution is -2.20. The van der Waals surface area contributed by atoms with Crippen LogP contribution in [0.25, 0.3) is 0 Å². The highest BCUT2D eigenvalue weighted by Crippen LogP contribution is 2.26. The van der Waals surface area contributed by atoms with Crippen molar-refractivity contribution < 1.29 is 0 Å². The van der Waals surface area contributed by atoms with Gasteiger partial charge in [-0.25, -0.2) is 9.97 Å². The van der Waals surface area contributed by atoms with E-state index in [0.29, 0.717) is 0 Å². The van der Waals surface area contributed by atoms with Crippen LogP contribution in [0.1, 0.15) is 32.5 Å². The van der Waals surface area contributed by atoms with Gasteiger partial charge in [-0.1, -0.05) is 38.5 Å². The highest BCUT2D eigenvalue weighted by molar-refractivity contribution is 9.10. The predicted octanol–water partition coefficient (Wildman–Crippen LogP) is 4.74. The molecule has 0 amide bonds. The largest absolute Gasteiger partial charge is 0.326 e. The molecule has 2 aromatic rings. The van der Waals surface area contributed by atoms with Gasteiger partial charge in [0.1, 0.15) is 16.2 Å². The number of halogens is 1. The first-order chi connectivity index (χ1) is 9.74. The molecule has 4 heteroatoms. The van der Waals surface area contributed by atoms with Crippen molar-refractivity contribution in [3.8, 4) is 0 Å². The van der Waals surface area contributed by atoms with Crippen molar-refractivity contribution in [2.45, 2.75) is 33.1 Å². The molecule has 0 N–H and O–H groups in total. The Bertz CT molecular complexity index is 543. The lowest BCUT2D eigenvalue weighted by atomic mass is 10.2. The number of hydrogen-bond donors (Lipinski definition) is 0. The van der Waals surface area contributed by atoms with Crippen LogP contribution in [0, 0.1) is 0 Å². The standard InChI is InChI=1S/C16H20BrN3/c1-3-5-11-20(13-9-7-6-8-10-13)16-12-14(17)18-15(4-2)19-16/h6-10,12H,3-5,11H2,1-2H3. The minimum Gasteiger partial charge on any atom is -0.326 e. The van der Waals surface area contributed by atoms with Gasteiger partial charge in [-0.3, -0.25) is 0 Å². The van der Waals surface area contributed by atoms with Crippen molar-refractivity contribution in [2.75, 3.05) is 11.4 Å². The molecule has 0 radical (unpaired) electrons. The van der Waals surface area contributed by atoms with Gasteiger partial charge in [0.2, 0.25) is 0 Å². The van der Waals surface area contributed by atoms with Crippen LogP contribution in [0.4, 0.5) is 11.5 Å². The van der Waals surface area contributed by atoms with Gasteiger partial charge >= 0.3 is 0 Å². The maximum absolute atomic E-state index is 4.67. The summed E-state index contributed by atoms with van der Waals surface area (Å²) in [6, 6.07) is 12.4. The molecule has 0 aliphatic rings. The molecule has 0 bridgehead atoms. The monoisotopic (exact) mass is 333 g/mol. The molecule has 3 nitrogen and oxygen atoms in total. The summed E-state index contributed by atoms with van der Waals surface area (Å²) in [4.78, 5) is 11.3. The van der Waals surface area contributed by atoms with E-state index in [2.05, 4.69) is 68.9 Å². The summed E-state index contributed by atoms with van der Waals surface area (Å²) in [7, 11) is 0. The Morgan fingerprint density at radius 3 is 2.50 bits per heavy atom. The number of aryl methyl sites for hydroxylation is 1. The predicted molar refractivity (Wildman–Crippen MR) is 87.5 cm³/mol. The molecule has 0 unspecified atom stereocenters. The Morgan fingerprint density at radius 2 is 1.85 bits per heavy atom. The zero-order chi connectivity index (χ0) is 14.4. The van der Waals surface area contributed by atoms with E-state index in [1.54, 1.807) is 0 Å². The summed E-state index contributed by atoms with van der Waals surface area (Å²) in [5.41, 5.74) is 1.17. The molecule has 0 aliphatic heterocycles. The molecule has 2 rings (SSSR count). The van der Waals surface area contributed by atoms with Crippen LogP contribution in [0.3, 0.4) is 0 Å². The van der Waals surface area contributed by atoms with E-state index in [-0.39, 0.29) is 0 Å². The fourth-order valence-corrected chi connectivity index (χ4v) is 2.46. The number of benzene rings is 1. The molecule has 1 heterocycles. The van der Waals surface area contributed by atoms with Gasteiger partial charge < -0.3 is 4.90 Å². The fourth-order valence-electron chi connectivity index (χ4n) is 2.05. The first kappa shape index (κ1) is 15.0. The molecule has 0 saturated heterocycles. The quantitative estimate of drug-likeness (QED) is 0.715. The van der Waals surface area contributed by atoms with Gasteiger partial charge in [0.15, 0.2) is 0 Å². The number of hydrogen-bond acceptors (Lipinski definition) is 3. The molecule has 1 aromatic heterocycles. The topological polar surface area (TPSA) is 29.0 Å². The van der Waals surface area contributed by atoms with E-state index in [0.717, 1.165) is 42.1 Å². The molecule has 0 fully saturated rings. The van der Waals surface area contributed by atoms with Crippen molar-refractivity contribution in [3.05, 3.63) is 46.8 Å². The third-order valence-electron chi connectivity index (χ3n) is 3.12. The lowest BCUT2D eigenvalue weighted by molar-refractivity contribution is 0.773. The number of aromatic nitrogens is 2. The summed E-state index contributed by atoms with van der Waals surface area (Å²) in [5, 5.41) is 0. The number of rotatable bonds is 6. The molecule has 20 heavy (non-hydrogen) atoms. The van der Waals surface area contributed by atoms with Gasteiger partial charge in [0, 0.05) is 24.7 Å². The zero-order valence-corrected chi connectivity index (χ0v) is 13.6. The second-order valence-electron chi connectivity index (χ2n) is 4.66. The van der Waals surface area contributed by atoms with Crippen LogP contribution in [0.5, 0.6) is 0 Å². The normalized spacial score (nSPS) is 10.6. The van der Waals surface area contributed by atoms with Crippen LogP contribution in [-0.2, 0) is 6.42 Å². The van der Waals surface area contributed by atoms with Crippen LogP contribution in [0.15, 0.2) is 41.0 Å². The third kappa shape index (κ3) is 3.79. The molecular formula is C16H20BrN3. The number of anilines is 2. The SMILES string of the molecule is CCCCN(c1ccccc1)c1cc(Br)nc(CC)n1. The van der Waals surface area contributed by atoms with Crippen LogP contribution in [-0.4, -0.2) is 16.5 Å². The molecule has 0 saturated carbocycles. The lowest BCUT2D eigenvalue weighted by Gasteiger charge is -2.24. The molecule has 0 aliphatic carbocycles. The zero-order valence-electron chi connectivity index (χ0n) is 12.0. The molecule has 0 spiro atoms. The van der Waals surface area contributed by atoms with Gasteiger partial charge in [0.05, 0.1) is 0 Å². The second-order valence-corrected chi connectivity index (χ2v) is 5.47. The number of unbranched alkanes of at least 4 members (excludes halogenated alkanes) is 1.